The molecule has 0 fully saturated rings. The van der Waals surface area contributed by atoms with Crippen LogP contribution in [-0.2, 0) is 19.6 Å². The summed E-state index contributed by atoms with van der Waals surface area (Å²) in [6, 6.07) is 9.76. The Balaban J connectivity index is 1.54. The lowest BCUT2D eigenvalue weighted by Crippen LogP contribution is -2.50. The van der Waals surface area contributed by atoms with E-state index < -0.39 is 40.3 Å². The second-order valence-electron chi connectivity index (χ2n) is 7.15. The monoisotopic (exact) mass is 481 g/mol. The molecule has 0 saturated carbocycles. The van der Waals surface area contributed by atoms with E-state index in [1.54, 1.807) is 6.07 Å². The van der Waals surface area contributed by atoms with Crippen molar-refractivity contribution in [1.29, 1.82) is 0 Å². The minimum atomic E-state index is -4.02. The van der Waals surface area contributed by atoms with Crippen molar-refractivity contribution < 1.29 is 36.6 Å². The number of hydrogen-bond donors (Lipinski definition) is 2. The molecule has 2 N–H and O–H groups in total. The molecule has 1 unspecified atom stereocenters. The maximum Gasteiger partial charge on any atom is 0.279 e. The van der Waals surface area contributed by atoms with Gasteiger partial charge in [-0.25, -0.2) is 12.8 Å². The van der Waals surface area contributed by atoms with Crippen molar-refractivity contribution in [3.63, 3.8) is 0 Å². The SMILES string of the molecule is CC(Oc1ccccc1F)C(=O)NNC(=O)CN(C)S(=O)(=O)c1ccc2c(c1)OCCCO2. The van der Waals surface area contributed by atoms with Crippen molar-refractivity contribution in [2.45, 2.75) is 24.3 Å². The van der Waals surface area contributed by atoms with E-state index in [4.69, 9.17) is 14.2 Å². The Morgan fingerprint density at radius 2 is 1.82 bits per heavy atom. The summed E-state index contributed by atoms with van der Waals surface area (Å²) in [6.45, 7) is 1.66. The fourth-order valence-corrected chi connectivity index (χ4v) is 3.97. The number of hydrazine groups is 1. The van der Waals surface area contributed by atoms with Crippen molar-refractivity contribution >= 4 is 21.8 Å². The predicted octanol–water partition coefficient (Wildman–Crippen LogP) is 1.22. The minimum absolute atomic E-state index is 0.0713. The quantitative estimate of drug-likeness (QED) is 0.570. The zero-order valence-electron chi connectivity index (χ0n) is 18.0. The van der Waals surface area contributed by atoms with Crippen molar-refractivity contribution in [2.24, 2.45) is 0 Å². The van der Waals surface area contributed by atoms with Crippen LogP contribution in [0.1, 0.15) is 13.3 Å². The molecule has 12 heteroatoms. The molecule has 178 valence electrons. The van der Waals surface area contributed by atoms with Crippen LogP contribution in [0.4, 0.5) is 4.39 Å². The second-order valence-corrected chi connectivity index (χ2v) is 9.19. The third-order valence-corrected chi connectivity index (χ3v) is 6.43. The zero-order valence-corrected chi connectivity index (χ0v) is 18.9. The van der Waals surface area contributed by atoms with Gasteiger partial charge in [-0.05, 0) is 31.2 Å². The molecule has 10 nitrogen and oxygen atoms in total. The molecule has 0 radical (unpaired) electrons. The van der Waals surface area contributed by atoms with Crippen molar-refractivity contribution in [1.82, 2.24) is 15.2 Å². The molecule has 1 aliphatic heterocycles. The Kier molecular flexibility index (Phi) is 7.71. The topological polar surface area (TPSA) is 123 Å². The lowest BCUT2D eigenvalue weighted by Gasteiger charge is -2.19. The number of benzene rings is 2. The molecular formula is C21H24FN3O7S. The number of nitrogens with one attached hydrogen (secondary N) is 2. The molecule has 1 heterocycles. The maximum atomic E-state index is 13.6. The van der Waals surface area contributed by atoms with E-state index in [0.29, 0.717) is 31.1 Å². The second kappa shape index (κ2) is 10.5. The van der Waals surface area contributed by atoms with E-state index in [1.807, 2.05) is 0 Å². The van der Waals surface area contributed by atoms with Gasteiger partial charge >= 0.3 is 0 Å². The summed E-state index contributed by atoms with van der Waals surface area (Å²) in [4.78, 5) is 24.2. The molecular weight excluding hydrogens is 457 g/mol. The van der Waals surface area contributed by atoms with Gasteiger partial charge in [-0.3, -0.25) is 20.4 Å². The van der Waals surface area contributed by atoms with Gasteiger partial charge in [-0.2, -0.15) is 4.31 Å². The van der Waals surface area contributed by atoms with E-state index in [9.17, 15) is 22.4 Å². The molecule has 33 heavy (non-hydrogen) atoms. The van der Waals surface area contributed by atoms with Crippen molar-refractivity contribution in [3.05, 3.63) is 48.3 Å². The Bertz CT molecular complexity index is 1130. The first-order chi connectivity index (χ1) is 15.7. The highest BCUT2D eigenvalue weighted by Gasteiger charge is 2.25. The minimum Gasteiger partial charge on any atom is -0.490 e. The number of likely N-dealkylation sites (N-methyl/N-ethyl adjacent to an activating group) is 1. The van der Waals surface area contributed by atoms with Gasteiger partial charge in [0, 0.05) is 19.5 Å². The molecule has 0 spiro atoms. The number of hydrogen-bond acceptors (Lipinski definition) is 7. The fraction of sp³-hybridized carbons (Fsp3) is 0.333. The molecule has 2 amide bonds. The molecule has 0 aliphatic carbocycles. The summed E-state index contributed by atoms with van der Waals surface area (Å²) in [5.41, 5.74) is 4.24. The first-order valence-corrected chi connectivity index (χ1v) is 11.5. The smallest absolute Gasteiger partial charge is 0.279 e. The summed E-state index contributed by atoms with van der Waals surface area (Å²) in [6.07, 6.45) is -0.447. The molecule has 2 aromatic carbocycles. The van der Waals surface area contributed by atoms with Crippen molar-refractivity contribution in [2.75, 3.05) is 26.8 Å². The number of amides is 2. The molecule has 0 aromatic heterocycles. The number of nitrogens with zero attached hydrogens (tertiary/aromatic N) is 1. The summed E-state index contributed by atoms with van der Waals surface area (Å²) < 4.78 is 56.3. The number of ether oxygens (including phenoxy) is 3. The number of rotatable bonds is 7. The number of sulfonamides is 1. The Hall–Kier alpha value is -3.38. The number of para-hydroxylation sites is 1. The third kappa shape index (κ3) is 6.11. The van der Waals surface area contributed by atoms with E-state index in [-0.39, 0.29) is 10.6 Å². The predicted molar refractivity (Wildman–Crippen MR) is 115 cm³/mol. The summed E-state index contributed by atoms with van der Waals surface area (Å²) in [5, 5.41) is 0. The molecule has 0 saturated heterocycles. The van der Waals surface area contributed by atoms with Crippen LogP contribution in [0.2, 0.25) is 0 Å². The first-order valence-electron chi connectivity index (χ1n) is 10.0. The highest BCUT2D eigenvalue weighted by Crippen LogP contribution is 2.32. The highest BCUT2D eigenvalue weighted by molar-refractivity contribution is 7.89. The van der Waals surface area contributed by atoms with Crippen LogP contribution in [0.15, 0.2) is 47.4 Å². The van der Waals surface area contributed by atoms with Gasteiger partial charge in [0.25, 0.3) is 11.8 Å². The van der Waals surface area contributed by atoms with Gasteiger partial charge < -0.3 is 14.2 Å². The van der Waals surface area contributed by atoms with Gasteiger partial charge in [0.05, 0.1) is 24.7 Å². The third-order valence-electron chi connectivity index (χ3n) is 4.63. The molecule has 2 aromatic rings. The summed E-state index contributed by atoms with van der Waals surface area (Å²) in [7, 11) is -2.80. The number of fused-ring (bicyclic) bond motifs is 1. The summed E-state index contributed by atoms with van der Waals surface area (Å²) in [5.74, 6) is -1.54. The van der Waals surface area contributed by atoms with Crippen LogP contribution in [-0.4, -0.2) is 57.4 Å². The lowest BCUT2D eigenvalue weighted by atomic mass is 10.3. The van der Waals surface area contributed by atoms with Gasteiger partial charge in [-0.15, -0.1) is 0 Å². The molecule has 1 atom stereocenters. The Morgan fingerprint density at radius 1 is 1.12 bits per heavy atom. The maximum absolute atomic E-state index is 13.6. The van der Waals surface area contributed by atoms with E-state index in [1.165, 1.54) is 50.4 Å². The van der Waals surface area contributed by atoms with Gasteiger partial charge in [0.1, 0.15) is 0 Å². The van der Waals surface area contributed by atoms with Crippen LogP contribution in [0, 0.1) is 5.82 Å². The van der Waals surface area contributed by atoms with Crippen LogP contribution in [0.3, 0.4) is 0 Å². The average Bonchev–Trinajstić information content (AvgIpc) is 3.03. The standard InChI is InChI=1S/C21H24FN3O7S/c1-14(32-17-7-4-3-6-16(17)22)21(27)24-23-20(26)13-25(2)33(28,29)15-8-9-18-19(12-15)31-11-5-10-30-18/h3-4,6-9,12,14H,5,10-11,13H2,1-2H3,(H,23,26)(H,24,27). The number of carbonyl (C=O) groups excluding carboxylic acids is 2. The largest absolute Gasteiger partial charge is 0.490 e. The number of halogens is 1. The highest BCUT2D eigenvalue weighted by atomic mass is 32.2. The van der Waals surface area contributed by atoms with E-state index in [0.717, 1.165) is 4.31 Å². The molecule has 3 rings (SSSR count). The van der Waals surface area contributed by atoms with Gasteiger partial charge in [0.15, 0.2) is 29.2 Å². The molecule has 0 bridgehead atoms. The van der Waals surface area contributed by atoms with Crippen LogP contribution >= 0.6 is 0 Å². The van der Waals surface area contributed by atoms with Gasteiger partial charge in [-0.1, -0.05) is 12.1 Å². The Morgan fingerprint density at radius 3 is 2.55 bits per heavy atom. The lowest BCUT2D eigenvalue weighted by molar-refractivity contribution is -0.132. The average molecular weight is 482 g/mol. The molecule has 1 aliphatic rings. The zero-order chi connectivity index (χ0) is 24.0. The van der Waals surface area contributed by atoms with Crippen LogP contribution < -0.4 is 25.1 Å². The van der Waals surface area contributed by atoms with E-state index in [2.05, 4.69) is 10.9 Å². The van der Waals surface area contributed by atoms with Crippen LogP contribution in [0.25, 0.3) is 0 Å². The van der Waals surface area contributed by atoms with Gasteiger partial charge in [0.2, 0.25) is 10.0 Å². The normalized spacial score (nSPS) is 14.2. The van der Waals surface area contributed by atoms with Crippen LogP contribution in [0.5, 0.6) is 17.2 Å². The van der Waals surface area contributed by atoms with Crippen molar-refractivity contribution in [3.8, 4) is 17.2 Å². The fourth-order valence-electron chi connectivity index (χ4n) is 2.83. The summed E-state index contributed by atoms with van der Waals surface area (Å²) >= 11 is 0. The number of carbonyl (C=O) groups is 2. The first kappa shape index (κ1) is 24.3. The van der Waals surface area contributed by atoms with E-state index >= 15 is 0 Å². The Labute approximate surface area is 190 Å².